The smallest absolute Gasteiger partial charge is 0.274 e. The van der Waals surface area contributed by atoms with Crippen molar-refractivity contribution in [2.75, 3.05) is 19.6 Å². The maximum absolute atomic E-state index is 12.9. The lowest BCUT2D eigenvalue weighted by molar-refractivity contribution is 0.0665. The molecule has 1 fully saturated rings. The number of hydrogen-bond donors (Lipinski definition) is 2. The van der Waals surface area contributed by atoms with E-state index in [1.807, 2.05) is 22.7 Å². The van der Waals surface area contributed by atoms with Gasteiger partial charge in [-0.1, -0.05) is 0 Å². The van der Waals surface area contributed by atoms with E-state index in [2.05, 4.69) is 26.8 Å². The van der Waals surface area contributed by atoms with E-state index in [9.17, 15) is 4.79 Å². The second-order valence-corrected chi connectivity index (χ2v) is 6.50. The van der Waals surface area contributed by atoms with Gasteiger partial charge in [0.25, 0.3) is 5.91 Å². The lowest BCUT2D eigenvalue weighted by atomic mass is 10.0. The zero-order chi connectivity index (χ0) is 15.8. The molecule has 2 aromatic heterocycles. The second-order valence-electron chi connectivity index (χ2n) is 6.50. The first kappa shape index (κ1) is 17.0. The number of nitrogens with one attached hydrogen (secondary N) is 2. The van der Waals surface area contributed by atoms with Crippen molar-refractivity contribution in [1.29, 1.82) is 0 Å². The lowest BCUT2D eigenvalue weighted by Crippen LogP contribution is -2.41. The van der Waals surface area contributed by atoms with E-state index >= 15 is 0 Å². The molecule has 1 amide bonds. The first-order valence-electron chi connectivity index (χ1n) is 8.29. The van der Waals surface area contributed by atoms with Crippen molar-refractivity contribution in [3.8, 4) is 0 Å². The van der Waals surface area contributed by atoms with Crippen LogP contribution in [-0.4, -0.2) is 50.4 Å². The van der Waals surface area contributed by atoms with E-state index in [1.165, 1.54) is 0 Å². The SMILES string of the molecule is Cc1cnn(C2CCCN(C(=O)c3n[nH]c4c3CNCC4)C2)c1.Cl. The third-order valence-electron chi connectivity index (χ3n) is 4.80. The minimum absolute atomic E-state index is 0. The number of amides is 1. The Kier molecular flexibility index (Phi) is 4.91. The zero-order valence-corrected chi connectivity index (χ0v) is 14.6. The minimum Gasteiger partial charge on any atom is -0.335 e. The Morgan fingerprint density at radius 3 is 3.08 bits per heavy atom. The molecule has 2 aromatic rings. The molecule has 0 aromatic carbocycles. The molecule has 130 valence electrons. The number of nitrogens with zero attached hydrogens (tertiary/aromatic N) is 4. The zero-order valence-electron chi connectivity index (χ0n) is 13.8. The van der Waals surface area contributed by atoms with Crippen LogP contribution in [0.5, 0.6) is 0 Å². The van der Waals surface area contributed by atoms with Crippen LogP contribution in [0.2, 0.25) is 0 Å². The molecule has 0 spiro atoms. The van der Waals surface area contributed by atoms with E-state index in [4.69, 9.17) is 0 Å². The number of rotatable bonds is 2. The van der Waals surface area contributed by atoms with Gasteiger partial charge in [-0.3, -0.25) is 14.6 Å². The summed E-state index contributed by atoms with van der Waals surface area (Å²) in [5.41, 5.74) is 3.88. The van der Waals surface area contributed by atoms with Gasteiger partial charge >= 0.3 is 0 Å². The first-order valence-corrected chi connectivity index (χ1v) is 8.29. The van der Waals surface area contributed by atoms with Crippen LogP contribution in [0.1, 0.15) is 46.2 Å². The van der Waals surface area contributed by atoms with E-state index in [0.29, 0.717) is 12.2 Å². The topological polar surface area (TPSA) is 78.8 Å². The Hall–Kier alpha value is -1.86. The van der Waals surface area contributed by atoms with Crippen molar-refractivity contribution in [1.82, 2.24) is 30.2 Å². The summed E-state index contributed by atoms with van der Waals surface area (Å²) >= 11 is 0. The summed E-state index contributed by atoms with van der Waals surface area (Å²) in [4.78, 5) is 14.8. The molecule has 0 bridgehead atoms. The Labute approximate surface area is 147 Å². The first-order chi connectivity index (χ1) is 11.2. The van der Waals surface area contributed by atoms with Crippen molar-refractivity contribution in [2.45, 2.75) is 38.8 Å². The van der Waals surface area contributed by atoms with Gasteiger partial charge in [-0.05, 0) is 25.3 Å². The van der Waals surface area contributed by atoms with Gasteiger partial charge in [-0.2, -0.15) is 10.2 Å². The van der Waals surface area contributed by atoms with Gasteiger partial charge in [-0.25, -0.2) is 0 Å². The predicted octanol–water partition coefficient (Wildman–Crippen LogP) is 1.46. The summed E-state index contributed by atoms with van der Waals surface area (Å²) < 4.78 is 2.00. The number of H-pyrrole nitrogens is 1. The van der Waals surface area contributed by atoms with Crippen LogP contribution in [0.15, 0.2) is 12.4 Å². The number of aryl methyl sites for hydroxylation is 1. The van der Waals surface area contributed by atoms with Crippen LogP contribution < -0.4 is 5.32 Å². The van der Waals surface area contributed by atoms with Crippen LogP contribution in [0.3, 0.4) is 0 Å². The lowest BCUT2D eigenvalue weighted by Gasteiger charge is -2.32. The molecule has 24 heavy (non-hydrogen) atoms. The monoisotopic (exact) mass is 350 g/mol. The predicted molar refractivity (Wildman–Crippen MR) is 92.4 cm³/mol. The van der Waals surface area contributed by atoms with Gasteiger partial charge < -0.3 is 10.2 Å². The van der Waals surface area contributed by atoms with Crippen molar-refractivity contribution in [3.63, 3.8) is 0 Å². The number of aromatic nitrogens is 4. The third kappa shape index (κ3) is 3.06. The van der Waals surface area contributed by atoms with Gasteiger partial charge in [0.2, 0.25) is 0 Å². The van der Waals surface area contributed by atoms with Crippen molar-refractivity contribution in [3.05, 3.63) is 34.9 Å². The summed E-state index contributed by atoms with van der Waals surface area (Å²) in [6.07, 6.45) is 6.89. The summed E-state index contributed by atoms with van der Waals surface area (Å²) in [5, 5.41) is 15.1. The number of aromatic amines is 1. The molecule has 0 saturated carbocycles. The highest BCUT2D eigenvalue weighted by Crippen LogP contribution is 2.24. The molecule has 4 heterocycles. The number of halogens is 1. The highest BCUT2D eigenvalue weighted by molar-refractivity contribution is 5.94. The molecule has 0 aliphatic carbocycles. The molecular weight excluding hydrogens is 328 g/mol. The number of carbonyl (C=O) groups excluding carboxylic acids is 1. The number of fused-ring (bicyclic) bond motifs is 1. The van der Waals surface area contributed by atoms with Gasteiger partial charge in [0.1, 0.15) is 0 Å². The molecule has 2 aliphatic rings. The molecule has 1 unspecified atom stereocenters. The Morgan fingerprint density at radius 1 is 1.42 bits per heavy atom. The van der Waals surface area contributed by atoms with Crippen molar-refractivity contribution >= 4 is 18.3 Å². The summed E-state index contributed by atoms with van der Waals surface area (Å²) in [5.74, 6) is 0.0415. The van der Waals surface area contributed by atoms with Crippen molar-refractivity contribution < 1.29 is 4.79 Å². The average molecular weight is 351 g/mol. The quantitative estimate of drug-likeness (QED) is 0.859. The standard InChI is InChI=1S/C16H22N6O.ClH/c1-11-7-18-22(9-11)12-3-2-6-21(10-12)16(23)15-13-8-17-5-4-14(13)19-20-15;/h7,9,12,17H,2-6,8,10H2,1H3,(H,19,20);1H. The number of likely N-dealkylation sites (tertiary alicyclic amines) is 1. The van der Waals surface area contributed by atoms with Crippen LogP contribution >= 0.6 is 12.4 Å². The number of carbonyl (C=O) groups is 1. The fourth-order valence-electron chi connectivity index (χ4n) is 3.54. The van der Waals surface area contributed by atoms with E-state index in [-0.39, 0.29) is 24.4 Å². The number of piperidine rings is 1. The fraction of sp³-hybridized carbons (Fsp3) is 0.562. The average Bonchev–Trinajstić information content (AvgIpc) is 3.20. The number of hydrogen-bond acceptors (Lipinski definition) is 4. The Balaban J connectivity index is 0.00000169. The Morgan fingerprint density at radius 2 is 2.29 bits per heavy atom. The molecule has 4 rings (SSSR count). The molecule has 2 N–H and O–H groups in total. The molecule has 1 saturated heterocycles. The molecule has 8 heteroatoms. The van der Waals surface area contributed by atoms with Gasteiger partial charge in [0, 0.05) is 50.1 Å². The van der Waals surface area contributed by atoms with Gasteiger partial charge in [-0.15, -0.1) is 12.4 Å². The largest absolute Gasteiger partial charge is 0.335 e. The molecular formula is C16H23ClN6O. The maximum Gasteiger partial charge on any atom is 0.274 e. The summed E-state index contributed by atoms with van der Waals surface area (Å²) in [7, 11) is 0. The maximum atomic E-state index is 12.9. The third-order valence-corrected chi connectivity index (χ3v) is 4.80. The normalized spacial score (nSPS) is 20.4. The van der Waals surface area contributed by atoms with E-state index < -0.39 is 0 Å². The minimum atomic E-state index is 0. The van der Waals surface area contributed by atoms with Crippen LogP contribution in [-0.2, 0) is 13.0 Å². The van der Waals surface area contributed by atoms with Crippen LogP contribution in [0, 0.1) is 6.92 Å². The fourth-order valence-corrected chi connectivity index (χ4v) is 3.54. The van der Waals surface area contributed by atoms with Crippen molar-refractivity contribution in [2.24, 2.45) is 0 Å². The summed E-state index contributed by atoms with van der Waals surface area (Å²) in [6, 6.07) is 0.259. The van der Waals surface area contributed by atoms with E-state index in [1.54, 1.807) is 0 Å². The van der Waals surface area contributed by atoms with Crippen LogP contribution in [0.25, 0.3) is 0 Å². The molecule has 1 atom stereocenters. The molecule has 0 radical (unpaired) electrons. The van der Waals surface area contributed by atoms with E-state index in [0.717, 1.165) is 55.7 Å². The molecule has 2 aliphatic heterocycles. The molecule has 7 nitrogen and oxygen atoms in total. The summed E-state index contributed by atoms with van der Waals surface area (Å²) in [6.45, 7) is 5.20. The Bertz CT molecular complexity index is 724. The van der Waals surface area contributed by atoms with Crippen LogP contribution in [0.4, 0.5) is 0 Å². The second kappa shape index (κ2) is 6.94. The van der Waals surface area contributed by atoms with Gasteiger partial charge in [0.15, 0.2) is 5.69 Å². The highest BCUT2D eigenvalue weighted by Gasteiger charge is 2.30. The van der Waals surface area contributed by atoms with Gasteiger partial charge in [0.05, 0.1) is 12.2 Å². The highest BCUT2D eigenvalue weighted by atomic mass is 35.5.